The normalized spacial score (nSPS) is 11.0. The Kier molecular flexibility index (Phi) is 5.79. The minimum Gasteiger partial charge on any atom is -0.452 e. The van der Waals surface area contributed by atoms with Gasteiger partial charge < -0.3 is 9.64 Å². The van der Waals surface area contributed by atoms with E-state index in [1.54, 1.807) is 56.3 Å². The first kappa shape index (κ1) is 20.9. The van der Waals surface area contributed by atoms with Crippen molar-refractivity contribution in [2.75, 3.05) is 13.7 Å². The Labute approximate surface area is 173 Å². The molecule has 0 unspecified atom stereocenters. The highest BCUT2D eigenvalue weighted by molar-refractivity contribution is 6.05. The number of ether oxygens (including phenoxy) is 1. The lowest BCUT2D eigenvalue weighted by molar-refractivity contribution is -0.136. The highest BCUT2D eigenvalue weighted by atomic mass is 19.1. The first-order valence-electron chi connectivity index (χ1n) is 9.23. The van der Waals surface area contributed by atoms with E-state index in [2.05, 4.69) is 4.98 Å². The molecule has 0 aliphatic carbocycles. The number of benzene rings is 2. The van der Waals surface area contributed by atoms with Crippen molar-refractivity contribution in [1.82, 2.24) is 9.88 Å². The van der Waals surface area contributed by atoms with Crippen LogP contribution < -0.4 is 0 Å². The number of pyridine rings is 1. The lowest BCUT2D eigenvalue weighted by Gasteiger charge is -2.28. The highest BCUT2D eigenvalue weighted by Gasteiger charge is 2.28. The van der Waals surface area contributed by atoms with Crippen molar-refractivity contribution in [1.29, 1.82) is 5.26 Å². The summed E-state index contributed by atoms with van der Waals surface area (Å²) < 4.78 is 18.5. The van der Waals surface area contributed by atoms with Crippen molar-refractivity contribution in [3.05, 3.63) is 66.0 Å². The van der Waals surface area contributed by atoms with E-state index in [-0.39, 0.29) is 11.4 Å². The monoisotopic (exact) mass is 405 g/mol. The first-order valence-corrected chi connectivity index (χ1v) is 9.23. The van der Waals surface area contributed by atoms with Gasteiger partial charge in [-0.15, -0.1) is 0 Å². The molecule has 0 aliphatic rings. The van der Waals surface area contributed by atoms with Crippen LogP contribution in [-0.2, 0) is 9.53 Å². The summed E-state index contributed by atoms with van der Waals surface area (Å²) in [5.41, 5.74) is 0.913. The van der Waals surface area contributed by atoms with E-state index < -0.39 is 24.0 Å². The summed E-state index contributed by atoms with van der Waals surface area (Å²) in [4.78, 5) is 30.9. The van der Waals surface area contributed by atoms with Crippen molar-refractivity contribution < 1.29 is 18.7 Å². The minimum absolute atomic E-state index is 0.245. The summed E-state index contributed by atoms with van der Waals surface area (Å²) in [6.45, 7) is 2.69. The second-order valence-corrected chi connectivity index (χ2v) is 7.28. The summed E-state index contributed by atoms with van der Waals surface area (Å²) in [6, 6.07) is 16.4. The van der Waals surface area contributed by atoms with Crippen LogP contribution in [0.15, 0.2) is 54.6 Å². The van der Waals surface area contributed by atoms with Gasteiger partial charge in [-0.05, 0) is 50.2 Å². The number of rotatable bonds is 5. The third-order valence-electron chi connectivity index (χ3n) is 4.89. The van der Waals surface area contributed by atoms with E-state index >= 15 is 0 Å². The molecule has 1 amide bonds. The molecule has 152 valence electrons. The largest absolute Gasteiger partial charge is 0.452 e. The molecule has 0 bridgehead atoms. The number of amides is 1. The summed E-state index contributed by atoms with van der Waals surface area (Å²) in [5, 5.41) is 9.74. The maximum absolute atomic E-state index is 13.3. The van der Waals surface area contributed by atoms with E-state index in [9.17, 15) is 14.0 Å². The van der Waals surface area contributed by atoms with E-state index in [0.29, 0.717) is 22.2 Å². The van der Waals surface area contributed by atoms with Crippen molar-refractivity contribution in [2.45, 2.75) is 19.4 Å². The predicted octanol–water partition coefficient (Wildman–Crippen LogP) is 3.96. The molecule has 7 heteroatoms. The lowest BCUT2D eigenvalue weighted by atomic mass is 10.0. The summed E-state index contributed by atoms with van der Waals surface area (Å²) in [6.07, 6.45) is 0. The number of hydrogen-bond donors (Lipinski definition) is 0. The average Bonchev–Trinajstić information content (AvgIpc) is 2.76. The van der Waals surface area contributed by atoms with Gasteiger partial charge >= 0.3 is 5.97 Å². The Hall–Kier alpha value is -3.79. The number of para-hydroxylation sites is 1. The molecule has 0 fully saturated rings. The van der Waals surface area contributed by atoms with E-state index in [4.69, 9.17) is 10.00 Å². The molecule has 3 rings (SSSR count). The van der Waals surface area contributed by atoms with Crippen LogP contribution in [0.2, 0.25) is 0 Å². The molecule has 0 saturated heterocycles. The second-order valence-electron chi connectivity index (χ2n) is 7.28. The SMILES string of the molecule is CN(C(=O)COC(=O)c1cc(-c2ccc(F)cc2)nc2ccccc12)C(C)(C)C#N. The van der Waals surface area contributed by atoms with Crippen LogP contribution in [0.3, 0.4) is 0 Å². The van der Waals surface area contributed by atoms with Gasteiger partial charge in [0.25, 0.3) is 5.91 Å². The van der Waals surface area contributed by atoms with Gasteiger partial charge in [0.15, 0.2) is 6.61 Å². The van der Waals surface area contributed by atoms with Crippen LogP contribution in [0.25, 0.3) is 22.2 Å². The van der Waals surface area contributed by atoms with Crippen LogP contribution in [-0.4, -0.2) is 41.0 Å². The molecular weight excluding hydrogens is 385 g/mol. The zero-order valence-corrected chi connectivity index (χ0v) is 16.8. The zero-order valence-electron chi connectivity index (χ0n) is 16.8. The lowest BCUT2D eigenvalue weighted by Crippen LogP contribution is -2.45. The van der Waals surface area contributed by atoms with Gasteiger partial charge in [0.2, 0.25) is 0 Å². The maximum Gasteiger partial charge on any atom is 0.339 e. The number of fused-ring (bicyclic) bond motifs is 1. The molecule has 1 heterocycles. The van der Waals surface area contributed by atoms with Crippen molar-refractivity contribution in [3.63, 3.8) is 0 Å². The Morgan fingerprint density at radius 3 is 2.50 bits per heavy atom. The number of nitrogens with zero attached hydrogens (tertiary/aromatic N) is 3. The van der Waals surface area contributed by atoms with Crippen LogP contribution >= 0.6 is 0 Å². The number of aromatic nitrogens is 1. The molecule has 3 aromatic rings. The number of likely N-dealkylation sites (N-methyl/N-ethyl adjacent to an activating group) is 1. The van der Waals surface area contributed by atoms with Gasteiger partial charge in [-0.1, -0.05) is 18.2 Å². The molecule has 0 aliphatic heterocycles. The van der Waals surface area contributed by atoms with Crippen LogP contribution in [0.1, 0.15) is 24.2 Å². The van der Waals surface area contributed by atoms with Gasteiger partial charge in [-0.3, -0.25) is 4.79 Å². The molecule has 0 saturated carbocycles. The number of carbonyl (C=O) groups excluding carboxylic acids is 2. The van der Waals surface area contributed by atoms with Gasteiger partial charge in [-0.25, -0.2) is 14.2 Å². The van der Waals surface area contributed by atoms with Crippen LogP contribution in [0.5, 0.6) is 0 Å². The molecule has 1 aromatic heterocycles. The number of esters is 1. The molecule has 0 radical (unpaired) electrons. The van der Waals surface area contributed by atoms with Crippen molar-refractivity contribution in [3.8, 4) is 17.3 Å². The minimum atomic E-state index is -1.03. The molecule has 2 aromatic carbocycles. The number of nitriles is 1. The topological polar surface area (TPSA) is 83.3 Å². The molecule has 0 N–H and O–H groups in total. The van der Waals surface area contributed by atoms with E-state index in [1.807, 2.05) is 6.07 Å². The molecule has 6 nitrogen and oxygen atoms in total. The molecule has 0 spiro atoms. The average molecular weight is 405 g/mol. The second kappa shape index (κ2) is 8.29. The smallest absolute Gasteiger partial charge is 0.339 e. The maximum atomic E-state index is 13.3. The van der Waals surface area contributed by atoms with Crippen LogP contribution in [0, 0.1) is 17.1 Å². The Balaban J connectivity index is 1.91. The molecule has 30 heavy (non-hydrogen) atoms. The van der Waals surface area contributed by atoms with Gasteiger partial charge in [0.05, 0.1) is 22.8 Å². The van der Waals surface area contributed by atoms with Crippen molar-refractivity contribution in [2.24, 2.45) is 0 Å². The number of carbonyl (C=O) groups is 2. The summed E-state index contributed by atoms with van der Waals surface area (Å²) in [7, 11) is 1.48. The van der Waals surface area contributed by atoms with Gasteiger partial charge in [0, 0.05) is 18.0 Å². The fourth-order valence-electron chi connectivity index (χ4n) is 2.80. The fraction of sp³-hybridized carbons (Fsp3) is 0.217. The number of halogens is 1. The standard InChI is InChI=1S/C23H20FN3O3/c1-23(2,14-25)27(3)21(28)13-30-22(29)18-12-20(15-8-10-16(24)11-9-15)26-19-7-5-4-6-17(18)19/h4-12H,13H2,1-3H3. The van der Waals surface area contributed by atoms with Gasteiger partial charge in [-0.2, -0.15) is 5.26 Å². The first-order chi connectivity index (χ1) is 14.2. The van der Waals surface area contributed by atoms with Crippen LogP contribution in [0.4, 0.5) is 4.39 Å². The number of hydrogen-bond acceptors (Lipinski definition) is 5. The summed E-state index contributed by atoms with van der Waals surface area (Å²) in [5.74, 6) is -1.55. The van der Waals surface area contributed by atoms with Crippen molar-refractivity contribution >= 4 is 22.8 Å². The van der Waals surface area contributed by atoms with E-state index in [0.717, 1.165) is 0 Å². The third kappa shape index (κ3) is 4.28. The van der Waals surface area contributed by atoms with E-state index in [1.165, 1.54) is 24.1 Å². The highest BCUT2D eigenvalue weighted by Crippen LogP contribution is 2.25. The van der Waals surface area contributed by atoms with Gasteiger partial charge in [0.1, 0.15) is 11.4 Å². The quantitative estimate of drug-likeness (QED) is 0.600. The zero-order chi connectivity index (χ0) is 21.9. The third-order valence-corrected chi connectivity index (χ3v) is 4.89. The Morgan fingerprint density at radius 2 is 1.83 bits per heavy atom. The Bertz CT molecular complexity index is 1150. The Morgan fingerprint density at radius 1 is 1.17 bits per heavy atom. The predicted molar refractivity (Wildman–Crippen MR) is 110 cm³/mol. The molecule has 0 atom stereocenters. The summed E-state index contributed by atoms with van der Waals surface area (Å²) >= 11 is 0. The molecular formula is C23H20FN3O3. The fourth-order valence-corrected chi connectivity index (χ4v) is 2.80.